The first-order valence-electron chi connectivity index (χ1n) is 8.61. The minimum atomic E-state index is -0.311. The molecular weight excluding hydrogens is 401 g/mol. The number of hydrogen-bond acceptors (Lipinski definition) is 2. The maximum Gasteiger partial charge on any atom is 0.251 e. The fourth-order valence-electron chi connectivity index (χ4n) is 4.24. The van der Waals surface area contributed by atoms with Crippen LogP contribution < -0.4 is 0 Å². The van der Waals surface area contributed by atoms with Crippen LogP contribution in [-0.4, -0.2) is 38.9 Å². The number of nitrogens with zero attached hydrogens (tertiary/aromatic N) is 2. The lowest BCUT2D eigenvalue weighted by atomic mass is 9.89. The first-order chi connectivity index (χ1) is 13.0. The SMILES string of the molecule is CN1C(=O)C2Cc3c([nH]c4ccccc34)C(c3ccc(Cl)c(Cl)c3)N2C1=S. The van der Waals surface area contributed by atoms with Gasteiger partial charge in [-0.2, -0.15) is 0 Å². The van der Waals surface area contributed by atoms with E-state index in [9.17, 15) is 4.79 Å². The highest BCUT2D eigenvalue weighted by Gasteiger charge is 2.49. The summed E-state index contributed by atoms with van der Waals surface area (Å²) in [6, 6.07) is 13.2. The summed E-state index contributed by atoms with van der Waals surface area (Å²) in [7, 11) is 1.74. The summed E-state index contributed by atoms with van der Waals surface area (Å²) in [4.78, 5) is 20.0. The van der Waals surface area contributed by atoms with Gasteiger partial charge in [0.25, 0.3) is 5.91 Å². The molecule has 136 valence electrons. The molecule has 3 heterocycles. The Hall–Kier alpha value is -2.08. The van der Waals surface area contributed by atoms with E-state index in [2.05, 4.69) is 17.1 Å². The Bertz CT molecular complexity index is 1130. The number of carbonyl (C=O) groups excluding carboxylic acids is 1. The predicted octanol–water partition coefficient (Wildman–Crippen LogP) is 4.55. The molecule has 0 spiro atoms. The molecule has 0 aliphatic carbocycles. The Kier molecular flexibility index (Phi) is 3.76. The highest BCUT2D eigenvalue weighted by atomic mass is 35.5. The zero-order chi connectivity index (χ0) is 18.9. The van der Waals surface area contributed by atoms with Crippen LogP contribution in [0.5, 0.6) is 0 Å². The summed E-state index contributed by atoms with van der Waals surface area (Å²) in [5, 5.41) is 2.66. The minimum Gasteiger partial charge on any atom is -0.356 e. The van der Waals surface area contributed by atoms with Gasteiger partial charge < -0.3 is 9.88 Å². The molecule has 0 saturated carbocycles. The molecule has 3 aromatic rings. The molecule has 7 heteroatoms. The van der Waals surface area contributed by atoms with Crippen molar-refractivity contribution < 1.29 is 4.79 Å². The van der Waals surface area contributed by atoms with Crippen molar-refractivity contribution >= 4 is 57.3 Å². The number of para-hydroxylation sites is 1. The highest BCUT2D eigenvalue weighted by molar-refractivity contribution is 7.80. The van der Waals surface area contributed by atoms with Gasteiger partial charge in [-0.25, -0.2) is 0 Å². The molecule has 1 saturated heterocycles. The molecule has 2 atom stereocenters. The maximum atomic E-state index is 12.9. The van der Waals surface area contributed by atoms with Crippen LogP contribution >= 0.6 is 35.4 Å². The third-order valence-electron chi connectivity index (χ3n) is 5.51. The van der Waals surface area contributed by atoms with Gasteiger partial charge in [-0.3, -0.25) is 9.69 Å². The summed E-state index contributed by atoms with van der Waals surface area (Å²) in [6.07, 6.45) is 0.625. The van der Waals surface area contributed by atoms with Crippen molar-refractivity contribution in [3.05, 3.63) is 69.3 Å². The van der Waals surface area contributed by atoms with Crippen LogP contribution in [0.1, 0.15) is 22.9 Å². The number of carbonyl (C=O) groups is 1. The number of halogens is 2. The lowest BCUT2D eigenvalue weighted by molar-refractivity contribution is -0.127. The first kappa shape index (κ1) is 17.0. The Morgan fingerprint density at radius 1 is 1.15 bits per heavy atom. The Morgan fingerprint density at radius 3 is 2.70 bits per heavy atom. The van der Waals surface area contributed by atoms with Gasteiger partial charge >= 0.3 is 0 Å². The standard InChI is InChI=1S/C20H15Cl2N3OS/c1-24-19(26)16-9-12-11-4-2-3-5-15(11)23-17(12)18(25(16)20(24)27)10-6-7-13(21)14(22)8-10/h2-8,16,18,23H,9H2,1H3. The van der Waals surface area contributed by atoms with E-state index < -0.39 is 0 Å². The van der Waals surface area contributed by atoms with Crippen molar-refractivity contribution in [2.45, 2.75) is 18.5 Å². The number of hydrogen-bond donors (Lipinski definition) is 1. The number of aromatic nitrogens is 1. The van der Waals surface area contributed by atoms with E-state index in [1.807, 2.05) is 29.2 Å². The number of benzene rings is 2. The van der Waals surface area contributed by atoms with Crippen LogP contribution in [0.15, 0.2) is 42.5 Å². The van der Waals surface area contributed by atoms with Crippen molar-refractivity contribution in [2.24, 2.45) is 0 Å². The number of thiocarbonyl (C=S) groups is 1. The molecular formula is C20H15Cl2N3OS. The minimum absolute atomic E-state index is 0.0287. The first-order valence-corrected chi connectivity index (χ1v) is 9.78. The second-order valence-electron chi connectivity index (χ2n) is 6.95. The van der Waals surface area contributed by atoms with Gasteiger partial charge in [0.05, 0.1) is 16.1 Å². The van der Waals surface area contributed by atoms with Crippen LogP contribution in [0.2, 0.25) is 10.0 Å². The van der Waals surface area contributed by atoms with Crippen molar-refractivity contribution in [1.29, 1.82) is 0 Å². The van der Waals surface area contributed by atoms with Gasteiger partial charge in [0.1, 0.15) is 6.04 Å². The molecule has 2 aromatic carbocycles. The smallest absolute Gasteiger partial charge is 0.251 e. The fourth-order valence-corrected chi connectivity index (χ4v) is 4.86. The molecule has 0 bridgehead atoms. The van der Waals surface area contributed by atoms with E-state index in [-0.39, 0.29) is 18.0 Å². The molecule has 0 radical (unpaired) electrons. The highest BCUT2D eigenvalue weighted by Crippen LogP contribution is 2.44. The molecule has 1 N–H and O–H groups in total. The fraction of sp³-hybridized carbons (Fsp3) is 0.200. The molecule has 27 heavy (non-hydrogen) atoms. The second kappa shape index (κ2) is 5.96. The number of fused-ring (bicyclic) bond motifs is 4. The van der Waals surface area contributed by atoms with E-state index in [1.165, 1.54) is 0 Å². The zero-order valence-electron chi connectivity index (χ0n) is 14.4. The molecule has 2 unspecified atom stereocenters. The monoisotopic (exact) mass is 415 g/mol. The van der Waals surface area contributed by atoms with Crippen LogP contribution in [-0.2, 0) is 11.2 Å². The quantitative estimate of drug-likeness (QED) is 0.592. The van der Waals surface area contributed by atoms with Gasteiger partial charge in [-0.15, -0.1) is 0 Å². The summed E-state index contributed by atoms with van der Waals surface area (Å²) in [5.41, 5.74) is 4.22. The number of amides is 1. The number of rotatable bonds is 1. The van der Waals surface area contributed by atoms with Crippen molar-refractivity contribution in [1.82, 2.24) is 14.8 Å². The predicted molar refractivity (Wildman–Crippen MR) is 111 cm³/mol. The van der Waals surface area contributed by atoms with Gasteiger partial charge in [0.2, 0.25) is 0 Å². The van der Waals surface area contributed by atoms with E-state index in [4.69, 9.17) is 35.4 Å². The summed E-state index contributed by atoms with van der Waals surface area (Å²) >= 11 is 18.1. The number of H-pyrrole nitrogens is 1. The van der Waals surface area contributed by atoms with Crippen LogP contribution in [0.4, 0.5) is 0 Å². The maximum absolute atomic E-state index is 12.9. The normalized spacial score (nSPS) is 21.7. The van der Waals surface area contributed by atoms with Gasteiger partial charge in [-0.05, 0) is 41.5 Å². The van der Waals surface area contributed by atoms with Crippen molar-refractivity contribution in [2.75, 3.05) is 7.05 Å². The average Bonchev–Trinajstić information content (AvgIpc) is 3.14. The third kappa shape index (κ3) is 2.35. The topological polar surface area (TPSA) is 39.3 Å². The van der Waals surface area contributed by atoms with Gasteiger partial charge in [0, 0.05) is 30.1 Å². The number of likely N-dealkylation sites (N-methyl/N-ethyl adjacent to an activating group) is 1. The van der Waals surface area contributed by atoms with Crippen LogP contribution in [0.3, 0.4) is 0 Å². The second-order valence-corrected chi connectivity index (χ2v) is 8.13. The zero-order valence-corrected chi connectivity index (χ0v) is 16.7. The Morgan fingerprint density at radius 2 is 1.93 bits per heavy atom. The summed E-state index contributed by atoms with van der Waals surface area (Å²) < 4.78 is 0. The summed E-state index contributed by atoms with van der Waals surface area (Å²) in [6.45, 7) is 0. The molecule has 2 aliphatic heterocycles. The largest absolute Gasteiger partial charge is 0.356 e. The van der Waals surface area contributed by atoms with E-state index in [0.29, 0.717) is 21.6 Å². The van der Waals surface area contributed by atoms with E-state index >= 15 is 0 Å². The van der Waals surface area contributed by atoms with E-state index in [0.717, 1.165) is 27.7 Å². The molecule has 1 amide bonds. The van der Waals surface area contributed by atoms with Crippen molar-refractivity contribution in [3.63, 3.8) is 0 Å². The van der Waals surface area contributed by atoms with Crippen molar-refractivity contribution in [3.8, 4) is 0 Å². The summed E-state index contributed by atoms with van der Waals surface area (Å²) in [5.74, 6) is 0.0287. The van der Waals surface area contributed by atoms with Gasteiger partial charge in [-0.1, -0.05) is 47.5 Å². The number of nitrogens with one attached hydrogen (secondary N) is 1. The van der Waals surface area contributed by atoms with Crippen LogP contribution in [0, 0.1) is 0 Å². The third-order valence-corrected chi connectivity index (χ3v) is 6.74. The molecule has 5 rings (SSSR count). The molecule has 4 nitrogen and oxygen atoms in total. The molecule has 1 fully saturated rings. The Labute approximate surface area is 171 Å². The number of aromatic amines is 1. The van der Waals surface area contributed by atoms with Crippen LogP contribution in [0.25, 0.3) is 10.9 Å². The average molecular weight is 416 g/mol. The molecule has 2 aliphatic rings. The molecule has 1 aromatic heterocycles. The lowest BCUT2D eigenvalue weighted by Crippen LogP contribution is -2.44. The Balaban J connectivity index is 1.78. The van der Waals surface area contributed by atoms with Gasteiger partial charge in [0.15, 0.2) is 5.11 Å². The van der Waals surface area contributed by atoms with E-state index in [1.54, 1.807) is 18.0 Å². The lowest BCUT2D eigenvalue weighted by Gasteiger charge is -2.37.